The number of nitrogens with one attached hydrogen (secondary N) is 2. The van der Waals surface area contributed by atoms with E-state index < -0.39 is 88.8 Å². The van der Waals surface area contributed by atoms with Crippen molar-refractivity contribution < 1.29 is 71.6 Å². The lowest BCUT2D eigenvalue weighted by atomic mass is 9.85. The van der Waals surface area contributed by atoms with Crippen LogP contribution in [0.5, 0.6) is 11.5 Å². The van der Waals surface area contributed by atoms with Gasteiger partial charge in [0, 0.05) is 28.3 Å². The van der Waals surface area contributed by atoms with Gasteiger partial charge in [0.25, 0.3) is 0 Å². The lowest BCUT2D eigenvalue weighted by Gasteiger charge is -2.24. The minimum atomic E-state index is -5.29. The third-order valence-electron chi connectivity index (χ3n) is 9.44. The fourth-order valence-corrected chi connectivity index (χ4v) is 8.33. The van der Waals surface area contributed by atoms with Crippen molar-refractivity contribution in [2.24, 2.45) is 0 Å². The monoisotopic (exact) mass is 849 g/mol. The molecule has 0 atom stereocenters. The number of fused-ring (bicyclic) bond motifs is 7. The van der Waals surface area contributed by atoms with Gasteiger partial charge in [0.2, 0.25) is 0 Å². The Morgan fingerprint density at radius 3 is 1.20 bits per heavy atom. The zero-order valence-electron chi connectivity index (χ0n) is 29.3. The van der Waals surface area contributed by atoms with Crippen molar-refractivity contribution in [1.82, 2.24) is 0 Å². The third kappa shape index (κ3) is 7.56. The fourth-order valence-electron chi connectivity index (χ4n) is 6.91. The molecule has 0 saturated carbocycles. The first-order chi connectivity index (χ1) is 27.6. The number of aromatic nitrogens is 1. The molecule has 0 amide bonds. The maximum Gasteiger partial charge on any atom is 0.504 e. The SMILES string of the molecule is [O-][P+]1(Nc2cccc[nH+]2)Oc2c(-c3cc(C(F)(F)F)cc(C(F)(F)F)c3)cc3ccccc3c2-c2c(c(-c3cc(C(F)(F)F)cc(C(F)(F)F)c3)cc3ccccc23)O1. The van der Waals surface area contributed by atoms with E-state index in [0.29, 0.717) is 24.3 Å². The molecular formula is C41H22F12N2O3P+. The number of anilines is 1. The molecule has 7 aromatic rings. The van der Waals surface area contributed by atoms with Gasteiger partial charge in [-0.05, 0) is 87.3 Å². The second-order valence-electron chi connectivity index (χ2n) is 13.4. The lowest BCUT2D eigenvalue weighted by molar-refractivity contribution is -0.360. The summed E-state index contributed by atoms with van der Waals surface area (Å²) >= 11 is 0. The summed E-state index contributed by atoms with van der Waals surface area (Å²) in [7, 11) is -5.14. The number of pyridine rings is 1. The van der Waals surface area contributed by atoms with E-state index in [1.165, 1.54) is 85.1 Å². The highest BCUT2D eigenvalue weighted by molar-refractivity contribution is 7.61. The number of alkyl halides is 12. The average Bonchev–Trinajstić information content (AvgIpc) is 3.30. The summed E-state index contributed by atoms with van der Waals surface area (Å²) in [6.07, 6.45) is -19.8. The first-order valence-corrected chi connectivity index (χ1v) is 18.6. The molecule has 2 N–H and O–H groups in total. The zero-order valence-corrected chi connectivity index (χ0v) is 30.1. The maximum absolute atomic E-state index is 15.2. The van der Waals surface area contributed by atoms with Crippen molar-refractivity contribution >= 4 is 35.5 Å². The van der Waals surface area contributed by atoms with Gasteiger partial charge in [-0.2, -0.15) is 52.7 Å². The van der Waals surface area contributed by atoms with Gasteiger partial charge in [-0.3, -0.25) is 9.05 Å². The van der Waals surface area contributed by atoms with Crippen molar-refractivity contribution in [2.45, 2.75) is 24.7 Å². The highest BCUT2D eigenvalue weighted by Gasteiger charge is 2.48. The molecule has 0 unspecified atom stereocenters. The number of benzene rings is 6. The van der Waals surface area contributed by atoms with Crippen LogP contribution in [0.1, 0.15) is 22.3 Å². The van der Waals surface area contributed by atoms with Gasteiger partial charge in [0.05, 0.1) is 28.5 Å². The van der Waals surface area contributed by atoms with Gasteiger partial charge in [-0.15, -0.1) is 0 Å². The summed E-state index contributed by atoms with van der Waals surface area (Å²) < 4.78 is 183. The predicted octanol–water partition coefficient (Wildman–Crippen LogP) is 12.8. The van der Waals surface area contributed by atoms with Crippen LogP contribution in [0.3, 0.4) is 0 Å². The van der Waals surface area contributed by atoms with Crippen LogP contribution in [0.25, 0.3) is 54.9 Å². The van der Waals surface area contributed by atoms with E-state index in [2.05, 4.69) is 10.1 Å². The van der Waals surface area contributed by atoms with E-state index in [1.54, 1.807) is 0 Å². The molecule has 0 fully saturated rings. The largest absolute Gasteiger partial charge is 0.581 e. The minimum absolute atomic E-state index is 0.0791. The molecule has 8 rings (SSSR count). The third-order valence-corrected chi connectivity index (χ3v) is 10.8. The number of rotatable bonds is 4. The van der Waals surface area contributed by atoms with Gasteiger partial charge in [0.1, 0.15) is 0 Å². The van der Waals surface area contributed by atoms with E-state index in [1.807, 2.05) is 0 Å². The highest BCUT2D eigenvalue weighted by atomic mass is 31.2. The molecule has 302 valence electrons. The molecule has 0 aliphatic carbocycles. The maximum atomic E-state index is 15.2. The highest BCUT2D eigenvalue weighted by Crippen LogP contribution is 2.64. The standard InChI is InChI=1S/C41H21F12N2O3P/c42-38(43,44)25-13-23(14-26(19-25)39(45,46)47)31-17-21-7-1-3-9-29(21)34-35-30-10-4-2-8-22(30)18-32(24-15-27(40(48,49)50)20-28(16-24)41(51,52)53)37(35)58-59(56,57-36(31)34)55-33-11-5-6-12-54-33/h1-20H,(H,54,55,56)/p+1. The van der Waals surface area contributed by atoms with E-state index in [0.717, 1.165) is 0 Å². The van der Waals surface area contributed by atoms with Crippen LogP contribution in [-0.2, 0) is 24.7 Å². The van der Waals surface area contributed by atoms with Crippen molar-refractivity contribution in [1.29, 1.82) is 0 Å². The van der Waals surface area contributed by atoms with Gasteiger partial charge in [-0.1, -0.05) is 59.7 Å². The Balaban J connectivity index is 1.56. The molecule has 0 saturated heterocycles. The van der Waals surface area contributed by atoms with E-state index in [9.17, 15) is 52.7 Å². The van der Waals surface area contributed by atoms with Crippen LogP contribution in [0.15, 0.2) is 121 Å². The molecule has 0 bridgehead atoms. The Kier molecular flexibility index (Phi) is 9.28. The Labute approximate surface area is 325 Å². The molecule has 1 aliphatic rings. The molecule has 1 aromatic heterocycles. The van der Waals surface area contributed by atoms with Gasteiger partial charge < -0.3 is 4.89 Å². The van der Waals surface area contributed by atoms with E-state index in [-0.39, 0.29) is 50.6 Å². The summed E-state index contributed by atoms with van der Waals surface area (Å²) in [5, 5.41) is 3.25. The van der Waals surface area contributed by atoms with Crippen LogP contribution in [-0.4, -0.2) is 0 Å². The molecule has 0 spiro atoms. The molecule has 1 aliphatic heterocycles. The van der Waals surface area contributed by atoms with Crippen LogP contribution in [0.2, 0.25) is 0 Å². The number of aromatic amines is 1. The topological polar surface area (TPSA) is 67.7 Å². The Morgan fingerprint density at radius 2 is 0.847 bits per heavy atom. The predicted molar refractivity (Wildman–Crippen MR) is 193 cm³/mol. The zero-order chi connectivity index (χ0) is 42.3. The van der Waals surface area contributed by atoms with Gasteiger partial charge in [0.15, 0.2) is 11.5 Å². The Hall–Kier alpha value is -6.06. The van der Waals surface area contributed by atoms with Crippen LogP contribution >= 0.6 is 8.09 Å². The first kappa shape index (κ1) is 39.8. The molecule has 6 aromatic carbocycles. The normalized spacial score (nSPS) is 14.3. The molecule has 2 heterocycles. The summed E-state index contributed by atoms with van der Waals surface area (Å²) in [5.41, 5.74) is -9.34. The molecule has 5 nitrogen and oxygen atoms in total. The Bertz CT molecular complexity index is 2550. The number of hydrogen-bond acceptors (Lipinski definition) is 4. The Morgan fingerprint density at radius 1 is 0.475 bits per heavy atom. The number of halogens is 12. The summed E-state index contributed by atoms with van der Waals surface area (Å²) in [6, 6.07) is 20.3. The quantitative estimate of drug-likeness (QED) is 0.141. The average molecular weight is 850 g/mol. The van der Waals surface area contributed by atoms with Crippen molar-refractivity contribution in [3.63, 3.8) is 0 Å². The van der Waals surface area contributed by atoms with Crippen LogP contribution in [0, 0.1) is 0 Å². The van der Waals surface area contributed by atoms with E-state index >= 15 is 4.89 Å². The van der Waals surface area contributed by atoms with Gasteiger partial charge >= 0.3 is 38.6 Å². The molecule has 18 heteroatoms. The van der Waals surface area contributed by atoms with Crippen molar-refractivity contribution in [3.05, 3.63) is 144 Å². The molecule has 59 heavy (non-hydrogen) atoms. The van der Waals surface area contributed by atoms with Crippen LogP contribution < -0.4 is 24.0 Å². The second-order valence-corrected chi connectivity index (χ2v) is 14.9. The van der Waals surface area contributed by atoms with Crippen molar-refractivity contribution in [2.75, 3.05) is 5.09 Å². The first-order valence-electron chi connectivity index (χ1n) is 17.0. The fraction of sp³-hybridized carbons (Fsp3) is 0.0976. The molecular weight excluding hydrogens is 827 g/mol. The smallest absolute Gasteiger partial charge is 0.504 e. The summed E-state index contributed by atoms with van der Waals surface area (Å²) in [6.45, 7) is 0. The minimum Gasteiger partial charge on any atom is -0.581 e. The van der Waals surface area contributed by atoms with Crippen molar-refractivity contribution in [3.8, 4) is 44.9 Å². The lowest BCUT2D eigenvalue weighted by Crippen LogP contribution is -2.29. The van der Waals surface area contributed by atoms with Crippen LogP contribution in [0.4, 0.5) is 58.5 Å². The second kappa shape index (κ2) is 13.8. The molecule has 0 radical (unpaired) electrons. The summed E-state index contributed by atoms with van der Waals surface area (Å²) in [5.74, 6) is -1.24. The van der Waals surface area contributed by atoms with E-state index in [4.69, 9.17) is 9.05 Å². The number of hydrogen-bond donors (Lipinski definition) is 1. The van der Waals surface area contributed by atoms with Gasteiger partial charge in [-0.25, -0.2) is 4.98 Å². The number of H-pyrrole nitrogens is 1. The summed E-state index contributed by atoms with van der Waals surface area (Å²) in [4.78, 5) is 17.9.